The van der Waals surface area contributed by atoms with E-state index >= 15 is 0 Å². The predicted octanol–water partition coefficient (Wildman–Crippen LogP) is 1.87. The molecule has 1 aromatic rings. The van der Waals surface area contributed by atoms with Crippen molar-refractivity contribution >= 4 is 22.4 Å². The Bertz CT molecular complexity index is 379. The second-order valence-corrected chi connectivity index (χ2v) is 4.40. The second kappa shape index (κ2) is 3.71. The van der Waals surface area contributed by atoms with E-state index in [-0.39, 0.29) is 5.75 Å². The Labute approximate surface area is 90.7 Å². The van der Waals surface area contributed by atoms with Gasteiger partial charge in [0.2, 0.25) is 0 Å². The molecule has 1 aliphatic heterocycles. The van der Waals surface area contributed by atoms with E-state index in [1.807, 2.05) is 3.93 Å². The van der Waals surface area contributed by atoms with E-state index in [1.165, 1.54) is 0 Å². The lowest BCUT2D eigenvalue weighted by Crippen LogP contribution is -2.21. The number of nitrogens with zero attached hydrogens (tertiary/aromatic N) is 1. The van der Waals surface area contributed by atoms with Crippen molar-refractivity contribution < 1.29 is 9.90 Å². The second-order valence-electron chi connectivity index (χ2n) is 3.39. The summed E-state index contributed by atoms with van der Waals surface area (Å²) in [5.74, 6) is 0.0709. The maximum absolute atomic E-state index is 10.6. The molecule has 0 atom stereocenters. The molecule has 0 aromatic heterocycles. The number of phenolic OH excluding ortho intramolecular Hbond substituents is 1. The Morgan fingerprint density at radius 1 is 1.43 bits per heavy atom. The molecule has 1 N–H and O–H groups in total. The van der Waals surface area contributed by atoms with Crippen LogP contribution in [0.25, 0.3) is 0 Å². The van der Waals surface area contributed by atoms with Crippen molar-refractivity contribution in [2.45, 2.75) is 13.0 Å². The predicted molar refractivity (Wildman–Crippen MR) is 56.5 cm³/mol. The smallest absolute Gasteiger partial charge is 0.153 e. The molecule has 0 bridgehead atoms. The summed E-state index contributed by atoms with van der Waals surface area (Å²) >= 11 is 3.40. The van der Waals surface area contributed by atoms with Gasteiger partial charge in [0, 0.05) is 29.2 Å². The van der Waals surface area contributed by atoms with Crippen molar-refractivity contribution in [1.29, 1.82) is 0 Å². The summed E-state index contributed by atoms with van der Waals surface area (Å²) in [6.45, 7) is 1.69. The van der Waals surface area contributed by atoms with Crippen molar-refractivity contribution in [2.24, 2.45) is 0 Å². The molecule has 0 spiro atoms. The van der Waals surface area contributed by atoms with Gasteiger partial charge in [-0.05, 0) is 29.7 Å². The van der Waals surface area contributed by atoms with Gasteiger partial charge in [-0.25, -0.2) is 3.93 Å². The topological polar surface area (TPSA) is 40.5 Å². The first-order valence-corrected chi connectivity index (χ1v) is 5.12. The highest BCUT2D eigenvalue weighted by molar-refractivity contribution is 9.07. The largest absolute Gasteiger partial charge is 0.507 e. The van der Waals surface area contributed by atoms with Gasteiger partial charge < -0.3 is 5.11 Å². The van der Waals surface area contributed by atoms with Gasteiger partial charge in [-0.2, -0.15) is 0 Å². The number of aldehydes is 1. The van der Waals surface area contributed by atoms with Crippen molar-refractivity contribution in [3.8, 4) is 5.75 Å². The number of carbonyl (C=O) groups is 1. The third-order valence-corrected chi connectivity index (χ3v) is 3.05. The molecular weight excluding hydrogens is 246 g/mol. The van der Waals surface area contributed by atoms with Gasteiger partial charge in [0.05, 0.1) is 5.56 Å². The van der Waals surface area contributed by atoms with Gasteiger partial charge in [-0.3, -0.25) is 4.79 Å². The maximum Gasteiger partial charge on any atom is 0.153 e. The van der Waals surface area contributed by atoms with Crippen molar-refractivity contribution in [3.05, 3.63) is 28.8 Å². The number of benzene rings is 1. The van der Waals surface area contributed by atoms with Gasteiger partial charge in [-0.1, -0.05) is 0 Å². The van der Waals surface area contributed by atoms with Gasteiger partial charge in [0.15, 0.2) is 6.29 Å². The number of aromatic hydroxyl groups is 1. The first-order valence-electron chi connectivity index (χ1n) is 4.41. The van der Waals surface area contributed by atoms with Crippen molar-refractivity contribution in [1.82, 2.24) is 3.93 Å². The van der Waals surface area contributed by atoms with Crippen LogP contribution < -0.4 is 0 Å². The van der Waals surface area contributed by atoms with E-state index in [0.717, 1.165) is 30.6 Å². The zero-order valence-corrected chi connectivity index (χ0v) is 9.12. The average molecular weight is 256 g/mol. The highest BCUT2D eigenvalue weighted by Crippen LogP contribution is 2.27. The molecule has 1 heterocycles. The quantitative estimate of drug-likeness (QED) is 0.616. The molecule has 0 fully saturated rings. The number of fused-ring (bicyclic) bond motifs is 1. The lowest BCUT2D eigenvalue weighted by molar-refractivity contribution is 0.112. The summed E-state index contributed by atoms with van der Waals surface area (Å²) in [6, 6.07) is 3.45. The highest BCUT2D eigenvalue weighted by atomic mass is 79.9. The first-order chi connectivity index (χ1) is 6.70. The molecule has 0 radical (unpaired) electrons. The zero-order chi connectivity index (χ0) is 10.1. The lowest BCUT2D eigenvalue weighted by Gasteiger charge is -2.23. The van der Waals surface area contributed by atoms with Crippen LogP contribution >= 0.6 is 16.1 Å². The Morgan fingerprint density at radius 2 is 2.21 bits per heavy atom. The van der Waals surface area contributed by atoms with E-state index in [4.69, 9.17) is 0 Å². The minimum Gasteiger partial charge on any atom is -0.507 e. The van der Waals surface area contributed by atoms with Gasteiger partial charge in [0.25, 0.3) is 0 Å². The van der Waals surface area contributed by atoms with Crippen LogP contribution in [0, 0.1) is 0 Å². The Balaban J connectivity index is 2.45. The molecule has 0 saturated carbocycles. The fraction of sp³-hybridized carbons (Fsp3) is 0.300. The van der Waals surface area contributed by atoms with Crippen LogP contribution in [0.5, 0.6) is 5.75 Å². The number of hydrogen-bond acceptors (Lipinski definition) is 3. The van der Waals surface area contributed by atoms with E-state index in [0.29, 0.717) is 11.8 Å². The molecule has 0 aliphatic carbocycles. The average Bonchev–Trinajstić information content (AvgIpc) is 2.16. The maximum atomic E-state index is 10.6. The molecule has 2 rings (SSSR count). The summed E-state index contributed by atoms with van der Waals surface area (Å²) in [6.07, 6.45) is 1.60. The van der Waals surface area contributed by atoms with E-state index in [9.17, 15) is 9.90 Å². The third-order valence-electron chi connectivity index (χ3n) is 2.44. The molecular formula is C10H10BrNO2. The van der Waals surface area contributed by atoms with Crippen molar-refractivity contribution in [3.63, 3.8) is 0 Å². The van der Waals surface area contributed by atoms with Gasteiger partial charge in [0.1, 0.15) is 5.75 Å². The number of carbonyl (C=O) groups excluding carboxylic acids is 1. The minimum absolute atomic E-state index is 0.0709. The fourth-order valence-electron chi connectivity index (χ4n) is 1.68. The van der Waals surface area contributed by atoms with Gasteiger partial charge in [-0.15, -0.1) is 0 Å². The lowest BCUT2D eigenvalue weighted by atomic mass is 9.98. The van der Waals surface area contributed by atoms with E-state index < -0.39 is 0 Å². The summed E-state index contributed by atoms with van der Waals surface area (Å²) in [5.41, 5.74) is 2.61. The number of halogens is 1. The Hall–Kier alpha value is -0.870. The first kappa shape index (κ1) is 9.68. The Kier molecular flexibility index (Phi) is 2.56. The zero-order valence-electron chi connectivity index (χ0n) is 7.53. The van der Waals surface area contributed by atoms with Crippen LogP contribution in [0.15, 0.2) is 12.1 Å². The standard InChI is InChI=1S/C10H10BrNO2/c11-12-2-1-7-3-9(6-13)10(14)4-8(7)5-12/h3-4,6,14H,1-2,5H2. The Morgan fingerprint density at radius 3 is 2.93 bits per heavy atom. The van der Waals surface area contributed by atoms with Crippen LogP contribution in [0.2, 0.25) is 0 Å². The normalized spacial score (nSPS) is 16.4. The third kappa shape index (κ3) is 1.67. The molecule has 4 heteroatoms. The van der Waals surface area contributed by atoms with E-state index in [2.05, 4.69) is 16.1 Å². The number of phenols is 1. The monoisotopic (exact) mass is 255 g/mol. The fourth-order valence-corrected chi connectivity index (χ4v) is 2.12. The SMILES string of the molecule is O=Cc1cc2c(cc1O)CN(Br)CC2. The molecule has 1 aliphatic rings. The molecule has 14 heavy (non-hydrogen) atoms. The minimum atomic E-state index is 0.0709. The van der Waals surface area contributed by atoms with Crippen LogP contribution in [-0.2, 0) is 13.0 Å². The molecule has 74 valence electrons. The number of rotatable bonds is 1. The molecule has 0 unspecified atom stereocenters. The van der Waals surface area contributed by atoms with Crippen LogP contribution in [0.3, 0.4) is 0 Å². The molecule has 0 saturated heterocycles. The van der Waals surface area contributed by atoms with Crippen LogP contribution in [0.4, 0.5) is 0 Å². The molecule has 0 amide bonds. The highest BCUT2D eigenvalue weighted by Gasteiger charge is 2.16. The molecule has 3 nitrogen and oxygen atoms in total. The number of hydrogen-bond donors (Lipinski definition) is 1. The van der Waals surface area contributed by atoms with Crippen LogP contribution in [-0.4, -0.2) is 21.9 Å². The summed E-state index contributed by atoms with van der Waals surface area (Å²) < 4.78 is 2.01. The van der Waals surface area contributed by atoms with Gasteiger partial charge >= 0.3 is 0 Å². The summed E-state index contributed by atoms with van der Waals surface area (Å²) in [5, 5.41) is 9.49. The van der Waals surface area contributed by atoms with Crippen LogP contribution in [0.1, 0.15) is 21.5 Å². The summed E-state index contributed by atoms with van der Waals surface area (Å²) in [7, 11) is 0. The van der Waals surface area contributed by atoms with E-state index in [1.54, 1.807) is 12.1 Å². The summed E-state index contributed by atoms with van der Waals surface area (Å²) in [4.78, 5) is 10.6. The molecule has 1 aromatic carbocycles. The van der Waals surface area contributed by atoms with Crippen molar-refractivity contribution in [2.75, 3.05) is 6.54 Å².